The molecule has 0 aliphatic heterocycles. The standard InChI is InChI=1S/C9H13NO2/c1-2-3-4-8(12)10-9(7-11)5-6-9/h1,11H,3-7H2,(H,10,12). The lowest BCUT2D eigenvalue weighted by Gasteiger charge is -2.13. The Kier molecular flexibility index (Phi) is 2.72. The fourth-order valence-electron chi connectivity index (χ4n) is 1.02. The van der Waals surface area contributed by atoms with Gasteiger partial charge < -0.3 is 10.4 Å². The first kappa shape index (κ1) is 9.08. The van der Waals surface area contributed by atoms with E-state index >= 15 is 0 Å². The molecule has 0 bridgehead atoms. The topological polar surface area (TPSA) is 49.3 Å². The molecular weight excluding hydrogens is 154 g/mol. The normalized spacial score (nSPS) is 18.0. The van der Waals surface area contributed by atoms with Gasteiger partial charge in [-0.1, -0.05) is 0 Å². The van der Waals surface area contributed by atoms with Crippen LogP contribution in [0.5, 0.6) is 0 Å². The number of carbonyl (C=O) groups is 1. The van der Waals surface area contributed by atoms with E-state index in [1.165, 1.54) is 0 Å². The van der Waals surface area contributed by atoms with Crippen molar-refractivity contribution >= 4 is 5.91 Å². The first-order chi connectivity index (χ1) is 5.72. The van der Waals surface area contributed by atoms with Gasteiger partial charge in [0.15, 0.2) is 0 Å². The number of aliphatic hydroxyl groups is 1. The van der Waals surface area contributed by atoms with Crippen LogP contribution in [0.4, 0.5) is 0 Å². The molecule has 1 rings (SSSR count). The second-order valence-corrected chi connectivity index (χ2v) is 3.19. The molecule has 1 amide bonds. The van der Waals surface area contributed by atoms with Gasteiger partial charge in [-0.3, -0.25) is 4.79 Å². The summed E-state index contributed by atoms with van der Waals surface area (Å²) >= 11 is 0. The van der Waals surface area contributed by atoms with E-state index in [0.717, 1.165) is 12.8 Å². The second-order valence-electron chi connectivity index (χ2n) is 3.19. The van der Waals surface area contributed by atoms with Crippen LogP contribution in [0.2, 0.25) is 0 Å². The minimum absolute atomic E-state index is 0.0365. The molecule has 3 nitrogen and oxygen atoms in total. The van der Waals surface area contributed by atoms with Crippen LogP contribution in [0.15, 0.2) is 0 Å². The quantitative estimate of drug-likeness (QED) is 0.581. The van der Waals surface area contributed by atoms with Crippen molar-refractivity contribution in [2.24, 2.45) is 0 Å². The first-order valence-corrected chi connectivity index (χ1v) is 4.08. The van der Waals surface area contributed by atoms with Crippen LogP contribution in [0.3, 0.4) is 0 Å². The van der Waals surface area contributed by atoms with Gasteiger partial charge in [0.25, 0.3) is 0 Å². The smallest absolute Gasteiger partial charge is 0.221 e. The first-order valence-electron chi connectivity index (χ1n) is 4.08. The van der Waals surface area contributed by atoms with Gasteiger partial charge in [-0.2, -0.15) is 0 Å². The van der Waals surface area contributed by atoms with E-state index in [2.05, 4.69) is 11.2 Å². The van der Waals surface area contributed by atoms with Crippen LogP contribution in [0.1, 0.15) is 25.7 Å². The lowest BCUT2D eigenvalue weighted by molar-refractivity contribution is -0.122. The van der Waals surface area contributed by atoms with Gasteiger partial charge in [-0.05, 0) is 12.8 Å². The highest BCUT2D eigenvalue weighted by molar-refractivity contribution is 5.77. The highest BCUT2D eigenvalue weighted by Crippen LogP contribution is 2.34. The van der Waals surface area contributed by atoms with Crippen molar-refractivity contribution in [3.05, 3.63) is 0 Å². The summed E-state index contributed by atoms with van der Waals surface area (Å²) in [4.78, 5) is 11.1. The molecule has 12 heavy (non-hydrogen) atoms. The summed E-state index contributed by atoms with van der Waals surface area (Å²) in [6.45, 7) is 0.0365. The van der Waals surface area contributed by atoms with Crippen molar-refractivity contribution in [1.29, 1.82) is 0 Å². The number of carbonyl (C=O) groups excluding carboxylic acids is 1. The average molecular weight is 167 g/mol. The minimum atomic E-state index is -0.300. The maximum atomic E-state index is 11.1. The zero-order valence-corrected chi connectivity index (χ0v) is 6.97. The lowest BCUT2D eigenvalue weighted by Crippen LogP contribution is -2.39. The zero-order valence-electron chi connectivity index (χ0n) is 6.97. The summed E-state index contributed by atoms with van der Waals surface area (Å²) in [5, 5.41) is 11.6. The van der Waals surface area contributed by atoms with Gasteiger partial charge in [-0.15, -0.1) is 12.3 Å². The van der Waals surface area contributed by atoms with Crippen LogP contribution >= 0.6 is 0 Å². The monoisotopic (exact) mass is 167 g/mol. The molecule has 0 heterocycles. The Morgan fingerprint density at radius 2 is 2.33 bits per heavy atom. The minimum Gasteiger partial charge on any atom is -0.394 e. The Labute approximate surface area is 72.2 Å². The second kappa shape index (κ2) is 3.59. The average Bonchev–Trinajstić information content (AvgIpc) is 2.82. The SMILES string of the molecule is C#CCCC(=O)NC1(CO)CC1. The fourth-order valence-corrected chi connectivity index (χ4v) is 1.02. The van der Waals surface area contributed by atoms with Crippen molar-refractivity contribution in [3.63, 3.8) is 0 Å². The van der Waals surface area contributed by atoms with Crippen LogP contribution in [0, 0.1) is 12.3 Å². The molecule has 0 unspecified atom stereocenters. The van der Waals surface area contributed by atoms with Gasteiger partial charge in [0.1, 0.15) is 0 Å². The maximum Gasteiger partial charge on any atom is 0.221 e. The van der Waals surface area contributed by atoms with E-state index in [4.69, 9.17) is 11.5 Å². The largest absolute Gasteiger partial charge is 0.394 e. The summed E-state index contributed by atoms with van der Waals surface area (Å²) in [5.74, 6) is 2.34. The molecular formula is C9H13NO2. The Morgan fingerprint density at radius 1 is 1.67 bits per heavy atom. The summed E-state index contributed by atoms with van der Waals surface area (Å²) in [5.41, 5.74) is -0.300. The number of rotatable bonds is 4. The van der Waals surface area contributed by atoms with Gasteiger partial charge in [0, 0.05) is 12.8 Å². The predicted octanol–water partition coefficient (Wildman–Crippen LogP) is 0.0409. The Hall–Kier alpha value is -1.01. The van der Waals surface area contributed by atoms with Crippen molar-refractivity contribution in [3.8, 4) is 12.3 Å². The fraction of sp³-hybridized carbons (Fsp3) is 0.667. The third-order valence-corrected chi connectivity index (χ3v) is 2.06. The third kappa shape index (κ3) is 2.24. The van der Waals surface area contributed by atoms with E-state index in [1.54, 1.807) is 0 Å². The number of nitrogens with one attached hydrogen (secondary N) is 1. The van der Waals surface area contributed by atoms with Gasteiger partial charge in [0.05, 0.1) is 12.1 Å². The molecule has 2 N–H and O–H groups in total. The number of hydrogen-bond donors (Lipinski definition) is 2. The summed E-state index contributed by atoms with van der Waals surface area (Å²) in [6, 6.07) is 0. The van der Waals surface area contributed by atoms with Gasteiger partial charge in [0.2, 0.25) is 5.91 Å². The number of aliphatic hydroxyl groups excluding tert-OH is 1. The van der Waals surface area contributed by atoms with Crippen LogP contribution < -0.4 is 5.32 Å². The highest BCUT2D eigenvalue weighted by atomic mass is 16.3. The molecule has 0 saturated heterocycles. The Bertz CT molecular complexity index is 213. The third-order valence-electron chi connectivity index (χ3n) is 2.06. The molecule has 3 heteroatoms. The van der Waals surface area contributed by atoms with Crippen molar-refractivity contribution in [2.45, 2.75) is 31.2 Å². The molecule has 1 aliphatic rings. The summed E-state index contributed by atoms with van der Waals surface area (Å²) < 4.78 is 0. The molecule has 0 atom stereocenters. The maximum absolute atomic E-state index is 11.1. The predicted molar refractivity (Wildman–Crippen MR) is 45.3 cm³/mol. The van der Waals surface area contributed by atoms with E-state index in [-0.39, 0.29) is 18.1 Å². The van der Waals surface area contributed by atoms with E-state index < -0.39 is 0 Å². The number of terminal acetylenes is 1. The molecule has 1 aliphatic carbocycles. The molecule has 0 aromatic heterocycles. The molecule has 1 saturated carbocycles. The molecule has 0 aromatic rings. The summed E-state index contributed by atoms with van der Waals surface area (Å²) in [7, 11) is 0. The Morgan fingerprint density at radius 3 is 2.75 bits per heavy atom. The zero-order chi connectivity index (χ0) is 9.03. The van der Waals surface area contributed by atoms with E-state index in [0.29, 0.717) is 12.8 Å². The van der Waals surface area contributed by atoms with Crippen LogP contribution in [-0.4, -0.2) is 23.2 Å². The van der Waals surface area contributed by atoms with E-state index in [1.807, 2.05) is 0 Å². The molecule has 0 spiro atoms. The molecule has 0 radical (unpaired) electrons. The van der Waals surface area contributed by atoms with Gasteiger partial charge in [-0.25, -0.2) is 0 Å². The Balaban J connectivity index is 2.23. The molecule has 1 fully saturated rings. The van der Waals surface area contributed by atoms with E-state index in [9.17, 15) is 4.79 Å². The highest BCUT2D eigenvalue weighted by Gasteiger charge is 2.43. The number of hydrogen-bond acceptors (Lipinski definition) is 2. The van der Waals surface area contributed by atoms with Crippen molar-refractivity contribution < 1.29 is 9.90 Å². The summed E-state index contributed by atoms with van der Waals surface area (Å²) in [6.07, 6.45) is 7.59. The van der Waals surface area contributed by atoms with Crippen LogP contribution in [-0.2, 0) is 4.79 Å². The van der Waals surface area contributed by atoms with Crippen molar-refractivity contribution in [1.82, 2.24) is 5.32 Å². The molecule has 66 valence electrons. The van der Waals surface area contributed by atoms with Crippen LogP contribution in [0.25, 0.3) is 0 Å². The molecule has 0 aromatic carbocycles. The number of amides is 1. The van der Waals surface area contributed by atoms with Gasteiger partial charge >= 0.3 is 0 Å². The lowest BCUT2D eigenvalue weighted by atomic mass is 10.2. The van der Waals surface area contributed by atoms with Crippen molar-refractivity contribution in [2.75, 3.05) is 6.61 Å².